The maximum atomic E-state index is 12.6. The fraction of sp³-hybridized carbons (Fsp3) is 0.259. The molecule has 0 aliphatic carbocycles. The maximum absolute atomic E-state index is 12.6. The van der Waals surface area contributed by atoms with Crippen LogP contribution in [0.1, 0.15) is 41.5 Å². The fourth-order valence-corrected chi connectivity index (χ4v) is 4.18. The lowest BCUT2D eigenvalue weighted by Gasteiger charge is -2.11. The molecule has 1 amide bonds. The van der Waals surface area contributed by atoms with Crippen molar-refractivity contribution in [1.29, 1.82) is 0 Å². The second kappa shape index (κ2) is 11.1. The molecule has 0 unspecified atom stereocenters. The highest BCUT2D eigenvalue weighted by Crippen LogP contribution is 2.18. The van der Waals surface area contributed by atoms with Crippen molar-refractivity contribution in [2.24, 2.45) is 0 Å². The SMILES string of the molecule is CCc1ccc(OCCCCn2c(CNC(=O)c3cccc(Br)c3)nc3ccccc32)cc1. The molecule has 0 fully saturated rings. The summed E-state index contributed by atoms with van der Waals surface area (Å²) in [7, 11) is 0. The van der Waals surface area contributed by atoms with Gasteiger partial charge in [-0.25, -0.2) is 4.98 Å². The van der Waals surface area contributed by atoms with Gasteiger partial charge in [-0.15, -0.1) is 0 Å². The van der Waals surface area contributed by atoms with E-state index in [1.54, 1.807) is 6.07 Å². The third-order valence-electron chi connectivity index (χ3n) is 5.60. The zero-order chi connectivity index (χ0) is 23.0. The topological polar surface area (TPSA) is 56.1 Å². The molecule has 0 atom stereocenters. The Hall–Kier alpha value is -3.12. The largest absolute Gasteiger partial charge is 0.494 e. The minimum absolute atomic E-state index is 0.114. The van der Waals surface area contributed by atoms with E-state index in [1.165, 1.54) is 5.56 Å². The number of fused-ring (bicyclic) bond motifs is 1. The van der Waals surface area contributed by atoms with Crippen molar-refractivity contribution >= 4 is 32.9 Å². The van der Waals surface area contributed by atoms with Crippen molar-refractivity contribution in [2.75, 3.05) is 6.61 Å². The molecular weight excluding hydrogens is 478 g/mol. The Labute approximate surface area is 202 Å². The van der Waals surface area contributed by atoms with Crippen LogP contribution in [0.15, 0.2) is 77.3 Å². The van der Waals surface area contributed by atoms with Crippen molar-refractivity contribution in [1.82, 2.24) is 14.9 Å². The number of nitrogens with one attached hydrogen (secondary N) is 1. The number of rotatable bonds is 10. The Balaban J connectivity index is 1.36. The van der Waals surface area contributed by atoms with Gasteiger partial charge in [-0.2, -0.15) is 0 Å². The number of nitrogens with zero attached hydrogens (tertiary/aromatic N) is 2. The van der Waals surface area contributed by atoms with Gasteiger partial charge in [-0.1, -0.05) is 53.2 Å². The van der Waals surface area contributed by atoms with Crippen molar-refractivity contribution in [3.05, 3.63) is 94.2 Å². The molecule has 4 rings (SSSR count). The van der Waals surface area contributed by atoms with Gasteiger partial charge >= 0.3 is 0 Å². The molecule has 0 bridgehead atoms. The molecule has 5 nitrogen and oxygen atoms in total. The van der Waals surface area contributed by atoms with Crippen molar-refractivity contribution < 1.29 is 9.53 Å². The number of imidazole rings is 1. The summed E-state index contributed by atoms with van der Waals surface area (Å²) in [5.41, 5.74) is 3.96. The number of para-hydroxylation sites is 2. The summed E-state index contributed by atoms with van der Waals surface area (Å²) >= 11 is 3.42. The van der Waals surface area contributed by atoms with E-state index in [0.29, 0.717) is 18.7 Å². The van der Waals surface area contributed by atoms with Crippen LogP contribution in [0.3, 0.4) is 0 Å². The number of carbonyl (C=O) groups is 1. The molecule has 0 radical (unpaired) electrons. The highest BCUT2D eigenvalue weighted by Gasteiger charge is 2.12. The van der Waals surface area contributed by atoms with E-state index in [4.69, 9.17) is 9.72 Å². The fourth-order valence-electron chi connectivity index (χ4n) is 3.78. The van der Waals surface area contributed by atoms with Crippen LogP contribution < -0.4 is 10.1 Å². The van der Waals surface area contributed by atoms with E-state index in [1.807, 2.05) is 48.5 Å². The molecule has 1 N–H and O–H groups in total. The van der Waals surface area contributed by atoms with E-state index in [9.17, 15) is 4.79 Å². The average molecular weight is 506 g/mol. The highest BCUT2D eigenvalue weighted by molar-refractivity contribution is 9.10. The lowest BCUT2D eigenvalue weighted by Crippen LogP contribution is -2.24. The summed E-state index contributed by atoms with van der Waals surface area (Å²) < 4.78 is 8.98. The predicted octanol–water partition coefficient (Wildman–Crippen LogP) is 6.15. The smallest absolute Gasteiger partial charge is 0.251 e. The molecule has 0 aliphatic rings. The van der Waals surface area contributed by atoms with Gasteiger partial charge in [-0.3, -0.25) is 4.79 Å². The zero-order valence-electron chi connectivity index (χ0n) is 18.8. The number of ether oxygens (including phenoxy) is 1. The van der Waals surface area contributed by atoms with Crippen LogP contribution in [0.25, 0.3) is 11.0 Å². The van der Waals surface area contributed by atoms with Crippen LogP contribution in [-0.2, 0) is 19.5 Å². The van der Waals surface area contributed by atoms with Gasteiger partial charge in [-0.05, 0) is 67.3 Å². The second-order valence-corrected chi connectivity index (χ2v) is 8.83. The molecule has 1 heterocycles. The Bertz CT molecular complexity index is 1220. The molecule has 1 aromatic heterocycles. The Kier molecular flexibility index (Phi) is 7.79. The van der Waals surface area contributed by atoms with Crippen molar-refractivity contribution in [2.45, 2.75) is 39.3 Å². The van der Waals surface area contributed by atoms with Crippen LogP contribution in [0.4, 0.5) is 0 Å². The highest BCUT2D eigenvalue weighted by atomic mass is 79.9. The molecular formula is C27H28BrN3O2. The molecule has 4 aromatic rings. The van der Waals surface area contributed by atoms with Gasteiger partial charge in [0.15, 0.2) is 0 Å². The van der Waals surface area contributed by atoms with Gasteiger partial charge in [0.2, 0.25) is 0 Å². The minimum Gasteiger partial charge on any atom is -0.494 e. The van der Waals surface area contributed by atoms with Gasteiger partial charge in [0.1, 0.15) is 11.6 Å². The van der Waals surface area contributed by atoms with Crippen molar-refractivity contribution in [3.63, 3.8) is 0 Å². The number of benzene rings is 3. The maximum Gasteiger partial charge on any atom is 0.251 e. The van der Waals surface area contributed by atoms with Gasteiger partial charge in [0.05, 0.1) is 24.2 Å². The number of unbranched alkanes of at least 4 members (excludes halogenated alkanes) is 1. The lowest BCUT2D eigenvalue weighted by molar-refractivity contribution is 0.0949. The summed E-state index contributed by atoms with van der Waals surface area (Å²) in [6, 6.07) is 23.8. The van der Waals surface area contributed by atoms with Crippen LogP contribution in [0.2, 0.25) is 0 Å². The van der Waals surface area contributed by atoms with E-state index < -0.39 is 0 Å². The number of amides is 1. The first-order valence-electron chi connectivity index (χ1n) is 11.3. The number of aryl methyl sites for hydroxylation is 2. The summed E-state index contributed by atoms with van der Waals surface area (Å²) in [5, 5.41) is 3.01. The van der Waals surface area contributed by atoms with Gasteiger partial charge < -0.3 is 14.6 Å². The Morgan fingerprint density at radius 3 is 2.64 bits per heavy atom. The standard InChI is InChI=1S/C27H28BrN3O2/c1-2-20-12-14-23(15-13-20)33-17-6-5-16-31-25-11-4-3-10-24(25)30-26(31)19-29-27(32)21-8-7-9-22(28)18-21/h3-4,7-15,18H,2,5-6,16-17,19H2,1H3,(H,29,32). The van der Waals surface area contributed by atoms with Gasteiger partial charge in [0.25, 0.3) is 5.91 Å². The number of aromatic nitrogens is 2. The van der Waals surface area contributed by atoms with Crippen LogP contribution in [-0.4, -0.2) is 22.1 Å². The number of hydrogen-bond donors (Lipinski definition) is 1. The van der Waals surface area contributed by atoms with Crippen molar-refractivity contribution in [3.8, 4) is 5.75 Å². The third-order valence-corrected chi connectivity index (χ3v) is 6.10. The quantitative estimate of drug-likeness (QED) is 0.263. The first-order chi connectivity index (χ1) is 16.1. The summed E-state index contributed by atoms with van der Waals surface area (Å²) in [5.74, 6) is 1.66. The van der Waals surface area contributed by atoms with Crippen LogP contribution >= 0.6 is 15.9 Å². The summed E-state index contributed by atoms with van der Waals surface area (Å²) in [6.45, 7) is 4.02. The first-order valence-corrected chi connectivity index (χ1v) is 12.1. The zero-order valence-corrected chi connectivity index (χ0v) is 20.3. The first kappa shape index (κ1) is 23.1. The molecule has 33 heavy (non-hydrogen) atoms. The number of carbonyl (C=O) groups excluding carboxylic acids is 1. The predicted molar refractivity (Wildman–Crippen MR) is 136 cm³/mol. The average Bonchev–Trinajstić information content (AvgIpc) is 3.20. The lowest BCUT2D eigenvalue weighted by atomic mass is 10.2. The molecule has 0 aliphatic heterocycles. The molecule has 3 aromatic carbocycles. The Morgan fingerprint density at radius 1 is 1.03 bits per heavy atom. The van der Waals surface area contributed by atoms with E-state index in [2.05, 4.69) is 50.9 Å². The molecule has 0 saturated carbocycles. The third kappa shape index (κ3) is 6.02. The van der Waals surface area contributed by atoms with E-state index >= 15 is 0 Å². The molecule has 0 saturated heterocycles. The summed E-state index contributed by atoms with van der Waals surface area (Å²) in [6.07, 6.45) is 2.93. The van der Waals surface area contributed by atoms with E-state index in [-0.39, 0.29) is 5.91 Å². The number of halogens is 1. The van der Waals surface area contributed by atoms with Gasteiger partial charge in [0, 0.05) is 16.6 Å². The monoisotopic (exact) mass is 505 g/mol. The van der Waals surface area contributed by atoms with Crippen LogP contribution in [0.5, 0.6) is 5.75 Å². The van der Waals surface area contributed by atoms with Crippen LogP contribution in [0, 0.1) is 0 Å². The Morgan fingerprint density at radius 2 is 1.85 bits per heavy atom. The number of hydrogen-bond acceptors (Lipinski definition) is 3. The normalized spacial score (nSPS) is 11.0. The molecule has 0 spiro atoms. The van der Waals surface area contributed by atoms with E-state index in [0.717, 1.165) is 52.9 Å². The molecule has 6 heteroatoms. The minimum atomic E-state index is -0.114. The second-order valence-electron chi connectivity index (χ2n) is 7.91. The molecule has 170 valence electrons. The summed E-state index contributed by atoms with van der Waals surface area (Å²) in [4.78, 5) is 17.4.